The van der Waals surface area contributed by atoms with Crippen LogP contribution in [0.2, 0.25) is 10.0 Å². The summed E-state index contributed by atoms with van der Waals surface area (Å²) in [4.78, 5) is 15.1. The predicted octanol–water partition coefficient (Wildman–Crippen LogP) is 5.97. The van der Waals surface area contributed by atoms with Crippen molar-refractivity contribution in [2.24, 2.45) is 0 Å². The van der Waals surface area contributed by atoms with Crippen molar-refractivity contribution in [3.05, 3.63) is 92.4 Å². The second kappa shape index (κ2) is 10.4. The Labute approximate surface area is 218 Å². The number of carbonyl (C=O) groups is 1. The van der Waals surface area contributed by atoms with E-state index in [0.717, 1.165) is 21.3 Å². The van der Waals surface area contributed by atoms with Gasteiger partial charge in [0.25, 0.3) is 0 Å². The van der Waals surface area contributed by atoms with E-state index in [9.17, 15) is 13.2 Å². The van der Waals surface area contributed by atoms with Gasteiger partial charge in [-0.2, -0.15) is 4.31 Å². The first-order chi connectivity index (χ1) is 16.2. The normalized spacial score (nSPS) is 15.6. The molecule has 1 amide bonds. The molecule has 0 spiro atoms. The van der Waals surface area contributed by atoms with Gasteiger partial charge in [0.15, 0.2) is 0 Å². The maximum absolute atomic E-state index is 13.7. The van der Waals surface area contributed by atoms with Gasteiger partial charge in [0.05, 0.1) is 11.6 Å². The number of hydrogen-bond donors (Lipinski definition) is 0. The van der Waals surface area contributed by atoms with Crippen LogP contribution in [0, 0.1) is 0 Å². The molecule has 0 fully saturated rings. The average Bonchev–Trinajstić information content (AvgIpc) is 3.13. The van der Waals surface area contributed by atoms with Crippen LogP contribution >= 0.6 is 39.1 Å². The molecular formula is C25H23BrCl2N2O3S. The van der Waals surface area contributed by atoms with E-state index in [2.05, 4.69) is 15.9 Å². The minimum absolute atomic E-state index is 0.0614. The fourth-order valence-corrected chi connectivity index (χ4v) is 6.74. The predicted molar refractivity (Wildman–Crippen MR) is 140 cm³/mol. The van der Waals surface area contributed by atoms with Crippen molar-refractivity contribution < 1.29 is 13.2 Å². The molecule has 1 heterocycles. The summed E-state index contributed by atoms with van der Waals surface area (Å²) in [5.41, 5.74) is 2.82. The quantitative estimate of drug-likeness (QED) is 0.345. The molecular weight excluding hydrogens is 559 g/mol. The number of halogens is 3. The van der Waals surface area contributed by atoms with Gasteiger partial charge in [-0.25, -0.2) is 8.42 Å². The summed E-state index contributed by atoms with van der Waals surface area (Å²) < 4.78 is 29.4. The molecule has 0 N–H and O–H groups in total. The number of anilines is 1. The Bertz CT molecular complexity index is 1320. The van der Waals surface area contributed by atoms with Gasteiger partial charge in [-0.3, -0.25) is 4.79 Å². The van der Waals surface area contributed by atoms with E-state index in [4.69, 9.17) is 23.2 Å². The van der Waals surface area contributed by atoms with Gasteiger partial charge in [0.1, 0.15) is 4.90 Å². The van der Waals surface area contributed by atoms with E-state index in [1.165, 1.54) is 22.5 Å². The van der Waals surface area contributed by atoms with Crippen molar-refractivity contribution in [1.82, 2.24) is 4.31 Å². The largest absolute Gasteiger partial charge is 0.308 e. The van der Waals surface area contributed by atoms with Crippen molar-refractivity contribution in [3.63, 3.8) is 0 Å². The number of carbonyl (C=O) groups excluding carboxylic acids is 1. The standard InChI is InChI=1S/C25H23BrCl2N2O3S/c1-17-13-19-14-20(26)7-10-23(19)30(17)25(31)16-29(12-11-18-5-3-2-4-6-18)34(32,33)24-15-21(27)8-9-22(24)28/h2-10,14-15,17H,11-13,16H2,1H3. The van der Waals surface area contributed by atoms with Crippen LogP contribution in [0.15, 0.2) is 76.1 Å². The Morgan fingerprint density at radius 1 is 1.09 bits per heavy atom. The van der Waals surface area contributed by atoms with E-state index in [-0.39, 0.29) is 40.0 Å². The SMILES string of the molecule is CC1Cc2cc(Br)ccc2N1C(=O)CN(CCc1ccccc1)S(=O)(=O)c1cc(Cl)ccc1Cl. The van der Waals surface area contributed by atoms with Crippen molar-refractivity contribution in [1.29, 1.82) is 0 Å². The molecule has 9 heteroatoms. The highest BCUT2D eigenvalue weighted by atomic mass is 79.9. The maximum Gasteiger partial charge on any atom is 0.245 e. The molecule has 1 atom stereocenters. The summed E-state index contributed by atoms with van der Waals surface area (Å²) in [5.74, 6) is -0.289. The molecule has 0 aromatic heterocycles. The van der Waals surface area contributed by atoms with Crippen LogP contribution < -0.4 is 4.90 Å². The lowest BCUT2D eigenvalue weighted by Crippen LogP contribution is -2.45. The van der Waals surface area contributed by atoms with Crippen molar-refractivity contribution in [2.45, 2.75) is 30.7 Å². The Hall–Kier alpha value is -1.90. The molecule has 0 bridgehead atoms. The second-order valence-corrected chi connectivity index (χ2v) is 11.9. The summed E-state index contributed by atoms with van der Waals surface area (Å²) in [5, 5.41) is 0.316. The molecule has 0 saturated carbocycles. The number of nitrogens with zero attached hydrogens (tertiary/aromatic N) is 2. The molecule has 0 saturated heterocycles. The molecule has 1 unspecified atom stereocenters. The van der Waals surface area contributed by atoms with Crippen LogP contribution in [-0.4, -0.2) is 37.8 Å². The van der Waals surface area contributed by atoms with Crippen LogP contribution in [-0.2, 0) is 27.7 Å². The lowest BCUT2D eigenvalue weighted by atomic mass is 10.1. The average molecular weight is 582 g/mol. The molecule has 3 aromatic carbocycles. The molecule has 5 nitrogen and oxygen atoms in total. The van der Waals surface area contributed by atoms with Crippen LogP contribution in [0.4, 0.5) is 5.69 Å². The summed E-state index contributed by atoms with van der Waals surface area (Å²) in [6.07, 6.45) is 1.15. The summed E-state index contributed by atoms with van der Waals surface area (Å²) >= 11 is 15.8. The Morgan fingerprint density at radius 3 is 2.56 bits per heavy atom. The van der Waals surface area contributed by atoms with Crippen LogP contribution in [0.5, 0.6) is 0 Å². The minimum Gasteiger partial charge on any atom is -0.308 e. The Balaban J connectivity index is 1.66. The number of fused-ring (bicyclic) bond motifs is 1. The monoisotopic (exact) mass is 580 g/mol. The first kappa shape index (κ1) is 25.2. The number of hydrogen-bond acceptors (Lipinski definition) is 3. The highest BCUT2D eigenvalue weighted by Crippen LogP contribution is 2.35. The fourth-order valence-electron chi connectivity index (χ4n) is 4.20. The number of rotatable bonds is 7. The van der Waals surface area contributed by atoms with E-state index in [1.54, 1.807) is 4.90 Å². The zero-order valence-corrected chi connectivity index (χ0v) is 22.3. The summed E-state index contributed by atoms with van der Waals surface area (Å²) in [6, 6.07) is 19.5. The third-order valence-corrected chi connectivity index (χ3v) is 8.90. The molecule has 4 rings (SSSR count). The van der Waals surface area contributed by atoms with E-state index in [1.807, 2.05) is 55.5 Å². The lowest BCUT2D eigenvalue weighted by Gasteiger charge is -2.28. The van der Waals surface area contributed by atoms with Gasteiger partial charge in [0.2, 0.25) is 15.9 Å². The lowest BCUT2D eigenvalue weighted by molar-refractivity contribution is -0.119. The third-order valence-electron chi connectivity index (χ3n) is 5.84. The van der Waals surface area contributed by atoms with E-state index < -0.39 is 10.0 Å². The Morgan fingerprint density at radius 2 is 1.82 bits per heavy atom. The van der Waals surface area contributed by atoms with E-state index >= 15 is 0 Å². The van der Waals surface area contributed by atoms with Gasteiger partial charge in [0, 0.05) is 27.8 Å². The zero-order chi connectivity index (χ0) is 24.5. The maximum atomic E-state index is 13.7. The van der Waals surface area contributed by atoms with E-state index in [0.29, 0.717) is 12.8 Å². The molecule has 1 aliphatic heterocycles. The van der Waals surface area contributed by atoms with Gasteiger partial charge < -0.3 is 4.90 Å². The molecule has 0 aliphatic carbocycles. The second-order valence-electron chi connectivity index (χ2n) is 8.24. The number of benzene rings is 3. The van der Waals surface area contributed by atoms with Gasteiger partial charge in [-0.05, 0) is 67.3 Å². The first-order valence-electron chi connectivity index (χ1n) is 10.8. The topological polar surface area (TPSA) is 57.7 Å². The molecule has 34 heavy (non-hydrogen) atoms. The molecule has 1 aliphatic rings. The highest BCUT2D eigenvalue weighted by molar-refractivity contribution is 9.10. The highest BCUT2D eigenvalue weighted by Gasteiger charge is 2.35. The molecule has 0 radical (unpaired) electrons. The van der Waals surface area contributed by atoms with Crippen LogP contribution in [0.1, 0.15) is 18.1 Å². The number of amides is 1. The Kier molecular flexibility index (Phi) is 7.69. The van der Waals surface area contributed by atoms with Crippen LogP contribution in [0.3, 0.4) is 0 Å². The van der Waals surface area contributed by atoms with Gasteiger partial charge >= 0.3 is 0 Å². The fraction of sp³-hybridized carbons (Fsp3) is 0.240. The number of sulfonamides is 1. The minimum atomic E-state index is -4.09. The summed E-state index contributed by atoms with van der Waals surface area (Å²) in [6.45, 7) is 1.77. The smallest absolute Gasteiger partial charge is 0.245 e. The van der Waals surface area contributed by atoms with Crippen molar-refractivity contribution >= 4 is 60.7 Å². The molecule has 3 aromatic rings. The first-order valence-corrected chi connectivity index (χ1v) is 13.8. The van der Waals surface area contributed by atoms with Crippen molar-refractivity contribution in [3.8, 4) is 0 Å². The zero-order valence-electron chi connectivity index (χ0n) is 18.4. The van der Waals surface area contributed by atoms with Crippen LogP contribution in [0.25, 0.3) is 0 Å². The third kappa shape index (κ3) is 5.34. The van der Waals surface area contributed by atoms with Crippen molar-refractivity contribution in [2.75, 3.05) is 18.0 Å². The van der Waals surface area contributed by atoms with Gasteiger partial charge in [-0.15, -0.1) is 0 Å². The molecule has 178 valence electrons. The summed E-state index contributed by atoms with van der Waals surface area (Å²) in [7, 11) is -4.09. The van der Waals surface area contributed by atoms with Gasteiger partial charge in [-0.1, -0.05) is 69.5 Å².